The lowest BCUT2D eigenvalue weighted by molar-refractivity contribution is -0.0501. The molecule has 1 aromatic rings. The summed E-state index contributed by atoms with van der Waals surface area (Å²) in [6, 6.07) is 3.23. The van der Waals surface area contributed by atoms with Crippen molar-refractivity contribution >= 4 is 5.97 Å². The van der Waals surface area contributed by atoms with Crippen molar-refractivity contribution in [1.29, 1.82) is 5.26 Å². The van der Waals surface area contributed by atoms with Gasteiger partial charge in [0.05, 0.1) is 12.7 Å². The van der Waals surface area contributed by atoms with E-state index in [1.165, 1.54) is 0 Å². The van der Waals surface area contributed by atoms with Crippen LogP contribution in [0.1, 0.15) is 15.9 Å². The summed E-state index contributed by atoms with van der Waals surface area (Å²) in [5, 5.41) is 18.0. The van der Waals surface area contributed by atoms with Crippen LogP contribution < -0.4 is 4.74 Å². The van der Waals surface area contributed by atoms with E-state index in [2.05, 4.69) is 9.47 Å². The van der Waals surface area contributed by atoms with E-state index in [0.717, 1.165) is 19.2 Å². The van der Waals surface area contributed by atoms with Gasteiger partial charge in [0.1, 0.15) is 23.1 Å². The number of phenols is 1. The lowest BCUT2D eigenvalue weighted by Crippen LogP contribution is -2.07. The van der Waals surface area contributed by atoms with E-state index in [4.69, 9.17) is 5.26 Å². The number of methoxy groups -OCH3 is 1. The number of ether oxygens (including phenoxy) is 2. The first-order chi connectivity index (χ1) is 7.99. The van der Waals surface area contributed by atoms with Crippen molar-refractivity contribution in [2.75, 3.05) is 7.11 Å². The van der Waals surface area contributed by atoms with E-state index in [9.17, 15) is 18.7 Å². The highest BCUT2D eigenvalue weighted by atomic mass is 19.3. The molecule has 0 saturated heterocycles. The molecule has 0 aliphatic carbocycles. The van der Waals surface area contributed by atoms with Crippen LogP contribution in [0.3, 0.4) is 0 Å². The fourth-order valence-corrected chi connectivity index (χ4v) is 1.12. The second-order valence-electron chi connectivity index (χ2n) is 2.85. The number of aromatic hydroxyl groups is 1. The monoisotopic (exact) mass is 243 g/mol. The molecule has 0 atom stereocenters. The van der Waals surface area contributed by atoms with Crippen LogP contribution in [0.2, 0.25) is 0 Å². The zero-order valence-electron chi connectivity index (χ0n) is 8.61. The summed E-state index contributed by atoms with van der Waals surface area (Å²) in [6.45, 7) is -3.14. The molecule has 1 rings (SSSR count). The average molecular weight is 243 g/mol. The van der Waals surface area contributed by atoms with Crippen LogP contribution in [-0.4, -0.2) is 24.8 Å². The first-order valence-electron chi connectivity index (χ1n) is 4.29. The predicted octanol–water partition coefficient (Wildman–Crippen LogP) is 1.65. The summed E-state index contributed by atoms with van der Waals surface area (Å²) in [4.78, 5) is 11.2. The first-order valence-corrected chi connectivity index (χ1v) is 4.29. The SMILES string of the molecule is COC(=O)c1cc(OC(F)F)c(C#N)cc1O. The smallest absolute Gasteiger partial charge is 0.387 e. The van der Waals surface area contributed by atoms with Gasteiger partial charge in [0, 0.05) is 12.1 Å². The standard InChI is InChI=1S/C10H7F2NO4/c1-16-9(15)6-3-8(17-10(11)12)5(4-13)2-7(6)14/h2-3,10,14H,1H3. The molecule has 0 unspecified atom stereocenters. The molecule has 0 aliphatic rings. The summed E-state index contributed by atoms with van der Waals surface area (Å²) in [5.74, 6) is -1.97. The van der Waals surface area contributed by atoms with Gasteiger partial charge in [0.25, 0.3) is 0 Å². The third-order valence-electron chi connectivity index (χ3n) is 1.84. The van der Waals surface area contributed by atoms with Crippen LogP contribution in [0, 0.1) is 11.3 Å². The van der Waals surface area contributed by atoms with E-state index in [1.807, 2.05) is 0 Å². The average Bonchev–Trinajstić information content (AvgIpc) is 2.29. The summed E-state index contributed by atoms with van der Waals surface area (Å²) in [7, 11) is 1.06. The quantitative estimate of drug-likeness (QED) is 0.816. The van der Waals surface area contributed by atoms with Gasteiger partial charge in [-0.15, -0.1) is 0 Å². The van der Waals surface area contributed by atoms with Gasteiger partial charge in [-0.3, -0.25) is 0 Å². The predicted molar refractivity (Wildman–Crippen MR) is 50.8 cm³/mol. The summed E-state index contributed by atoms with van der Waals surface area (Å²) < 4.78 is 32.5. The fourth-order valence-electron chi connectivity index (χ4n) is 1.12. The van der Waals surface area contributed by atoms with E-state index in [-0.39, 0.29) is 11.1 Å². The lowest BCUT2D eigenvalue weighted by Gasteiger charge is -2.09. The van der Waals surface area contributed by atoms with E-state index in [1.54, 1.807) is 6.07 Å². The zero-order valence-corrected chi connectivity index (χ0v) is 8.61. The fraction of sp³-hybridized carbons (Fsp3) is 0.200. The highest BCUT2D eigenvalue weighted by Gasteiger charge is 2.18. The molecule has 7 heteroatoms. The Morgan fingerprint density at radius 2 is 2.18 bits per heavy atom. The molecule has 0 fully saturated rings. The zero-order chi connectivity index (χ0) is 13.0. The van der Waals surface area contributed by atoms with Gasteiger partial charge >= 0.3 is 12.6 Å². The molecular formula is C10H7F2NO4. The van der Waals surface area contributed by atoms with Crippen molar-refractivity contribution in [3.8, 4) is 17.6 Å². The van der Waals surface area contributed by atoms with E-state index >= 15 is 0 Å². The molecule has 0 aliphatic heterocycles. The summed E-state index contributed by atoms with van der Waals surface area (Å²) in [5.41, 5.74) is -0.669. The lowest BCUT2D eigenvalue weighted by atomic mass is 10.1. The summed E-state index contributed by atoms with van der Waals surface area (Å²) >= 11 is 0. The van der Waals surface area contributed by atoms with Crippen LogP contribution >= 0.6 is 0 Å². The van der Waals surface area contributed by atoms with Crippen LogP contribution in [0.15, 0.2) is 12.1 Å². The van der Waals surface area contributed by atoms with Crippen molar-refractivity contribution in [3.63, 3.8) is 0 Å². The normalized spacial score (nSPS) is 9.82. The third kappa shape index (κ3) is 2.81. The molecule has 0 bridgehead atoms. The molecule has 0 spiro atoms. The van der Waals surface area contributed by atoms with Gasteiger partial charge in [-0.2, -0.15) is 14.0 Å². The maximum Gasteiger partial charge on any atom is 0.387 e. The highest BCUT2D eigenvalue weighted by molar-refractivity contribution is 5.93. The Bertz CT molecular complexity index is 482. The van der Waals surface area contributed by atoms with Crippen molar-refractivity contribution in [3.05, 3.63) is 23.3 Å². The van der Waals surface area contributed by atoms with Gasteiger partial charge < -0.3 is 14.6 Å². The van der Waals surface area contributed by atoms with Crippen molar-refractivity contribution in [2.45, 2.75) is 6.61 Å². The number of rotatable bonds is 3. The van der Waals surface area contributed by atoms with Crippen LogP contribution in [0.5, 0.6) is 11.5 Å². The Kier molecular flexibility index (Phi) is 3.82. The van der Waals surface area contributed by atoms with Gasteiger partial charge in [0.15, 0.2) is 0 Å². The van der Waals surface area contributed by atoms with E-state index in [0.29, 0.717) is 0 Å². The van der Waals surface area contributed by atoms with Gasteiger partial charge in [0.2, 0.25) is 0 Å². The minimum absolute atomic E-state index is 0.310. The molecule has 0 saturated carbocycles. The minimum Gasteiger partial charge on any atom is -0.507 e. The number of halogens is 2. The Morgan fingerprint density at radius 1 is 1.53 bits per heavy atom. The number of esters is 1. The minimum atomic E-state index is -3.14. The molecule has 0 heterocycles. The number of carbonyl (C=O) groups excluding carboxylic acids is 1. The highest BCUT2D eigenvalue weighted by Crippen LogP contribution is 2.29. The summed E-state index contributed by atoms with van der Waals surface area (Å²) in [6.07, 6.45) is 0. The third-order valence-corrected chi connectivity index (χ3v) is 1.84. The number of nitrogens with zero attached hydrogens (tertiary/aromatic N) is 1. The Balaban J connectivity index is 3.28. The second kappa shape index (κ2) is 5.12. The van der Waals surface area contributed by atoms with Crippen LogP contribution in [0.4, 0.5) is 8.78 Å². The number of nitriles is 1. The molecule has 0 radical (unpaired) electrons. The van der Waals surface area contributed by atoms with E-state index < -0.39 is 24.1 Å². The molecule has 1 N–H and O–H groups in total. The number of carbonyl (C=O) groups is 1. The Labute approximate surface area is 94.8 Å². The molecule has 17 heavy (non-hydrogen) atoms. The number of phenolic OH excluding ortho intramolecular Hbond substituents is 1. The van der Waals surface area contributed by atoms with Crippen LogP contribution in [-0.2, 0) is 4.74 Å². The van der Waals surface area contributed by atoms with Gasteiger partial charge in [-0.1, -0.05) is 0 Å². The second-order valence-corrected chi connectivity index (χ2v) is 2.85. The molecule has 0 amide bonds. The molecule has 0 aromatic heterocycles. The topological polar surface area (TPSA) is 79.5 Å². The Hall–Kier alpha value is -2.36. The maximum atomic E-state index is 12.0. The number of alkyl halides is 2. The number of benzene rings is 1. The molecular weight excluding hydrogens is 236 g/mol. The first kappa shape index (κ1) is 12.7. The molecule has 5 nitrogen and oxygen atoms in total. The number of hydrogen-bond acceptors (Lipinski definition) is 5. The van der Waals surface area contributed by atoms with Crippen LogP contribution in [0.25, 0.3) is 0 Å². The van der Waals surface area contributed by atoms with Crippen molar-refractivity contribution in [2.24, 2.45) is 0 Å². The Morgan fingerprint density at radius 3 is 2.65 bits per heavy atom. The molecule has 90 valence electrons. The maximum absolute atomic E-state index is 12.0. The van der Waals surface area contributed by atoms with Gasteiger partial charge in [-0.05, 0) is 0 Å². The van der Waals surface area contributed by atoms with Crippen molar-refractivity contribution in [1.82, 2.24) is 0 Å². The van der Waals surface area contributed by atoms with Gasteiger partial charge in [-0.25, -0.2) is 4.79 Å². The number of hydrogen-bond donors (Lipinski definition) is 1. The molecule has 1 aromatic carbocycles. The largest absolute Gasteiger partial charge is 0.507 e. The van der Waals surface area contributed by atoms with Crippen molar-refractivity contribution < 1.29 is 28.2 Å².